The van der Waals surface area contributed by atoms with E-state index in [-0.39, 0.29) is 5.78 Å². The average Bonchev–Trinajstić information content (AvgIpc) is 2.03. The highest BCUT2D eigenvalue weighted by atomic mass is 16.4. The Morgan fingerprint density at radius 3 is 2.69 bits per heavy atom. The summed E-state index contributed by atoms with van der Waals surface area (Å²) < 4.78 is 0. The lowest BCUT2D eigenvalue weighted by Crippen LogP contribution is -2.29. The quantitative estimate of drug-likeness (QED) is 0.613. The van der Waals surface area contributed by atoms with Crippen LogP contribution in [0.2, 0.25) is 0 Å². The first-order chi connectivity index (χ1) is 6.09. The second-order valence-corrected chi connectivity index (χ2v) is 3.00. The predicted molar refractivity (Wildman–Crippen MR) is 50.7 cm³/mol. The molecule has 0 unspecified atom stereocenters. The van der Waals surface area contributed by atoms with Gasteiger partial charge in [-0.1, -0.05) is 24.3 Å². The van der Waals surface area contributed by atoms with Crippen LogP contribution < -0.4 is 5.46 Å². The molecule has 0 spiro atoms. The zero-order valence-electron chi connectivity index (χ0n) is 7.40. The van der Waals surface area contributed by atoms with Crippen LogP contribution in [-0.4, -0.2) is 22.9 Å². The maximum atomic E-state index is 10.8. The first-order valence-corrected chi connectivity index (χ1v) is 4.04. The number of carbonyl (C=O) groups excluding carboxylic acids is 1. The standard InChI is InChI=1S/C9H11BO3/c1-7(11)5-8-3-2-4-9(6-8)10(12)13/h2-4,6,12-13H,5H2,1H3. The zero-order valence-corrected chi connectivity index (χ0v) is 7.40. The van der Waals surface area contributed by atoms with Crippen molar-refractivity contribution in [2.24, 2.45) is 0 Å². The molecule has 0 amide bonds. The molecule has 0 heterocycles. The van der Waals surface area contributed by atoms with E-state index in [0.29, 0.717) is 11.9 Å². The van der Waals surface area contributed by atoms with E-state index in [0.717, 1.165) is 5.56 Å². The van der Waals surface area contributed by atoms with E-state index in [1.807, 2.05) is 0 Å². The molecule has 1 aromatic rings. The van der Waals surface area contributed by atoms with Crippen molar-refractivity contribution in [1.29, 1.82) is 0 Å². The Morgan fingerprint density at radius 2 is 2.15 bits per heavy atom. The molecule has 1 rings (SSSR count). The molecule has 0 saturated heterocycles. The third-order valence-corrected chi connectivity index (χ3v) is 1.70. The molecular formula is C9H11BO3. The Morgan fingerprint density at radius 1 is 1.46 bits per heavy atom. The Kier molecular flexibility index (Phi) is 3.22. The minimum Gasteiger partial charge on any atom is -0.423 e. The summed E-state index contributed by atoms with van der Waals surface area (Å²) in [5.41, 5.74) is 1.22. The van der Waals surface area contributed by atoms with Crippen LogP contribution in [0.5, 0.6) is 0 Å². The van der Waals surface area contributed by atoms with Gasteiger partial charge in [0.2, 0.25) is 0 Å². The smallest absolute Gasteiger partial charge is 0.423 e. The van der Waals surface area contributed by atoms with E-state index in [1.54, 1.807) is 24.3 Å². The summed E-state index contributed by atoms with van der Waals surface area (Å²) in [6, 6.07) is 6.71. The van der Waals surface area contributed by atoms with Gasteiger partial charge in [0.25, 0.3) is 0 Å². The lowest BCUT2D eigenvalue weighted by Gasteiger charge is -2.01. The van der Waals surface area contributed by atoms with Gasteiger partial charge in [-0.25, -0.2) is 0 Å². The van der Waals surface area contributed by atoms with E-state index in [4.69, 9.17) is 10.0 Å². The summed E-state index contributed by atoms with van der Waals surface area (Å²) in [6.07, 6.45) is 0.334. The second-order valence-electron chi connectivity index (χ2n) is 3.00. The maximum Gasteiger partial charge on any atom is 0.488 e. The van der Waals surface area contributed by atoms with E-state index < -0.39 is 7.12 Å². The summed E-state index contributed by atoms with van der Waals surface area (Å²) in [6.45, 7) is 1.50. The van der Waals surface area contributed by atoms with Gasteiger partial charge in [0, 0.05) is 6.42 Å². The number of benzene rings is 1. The molecule has 1 aromatic carbocycles. The van der Waals surface area contributed by atoms with Gasteiger partial charge in [0.05, 0.1) is 0 Å². The van der Waals surface area contributed by atoms with Crippen LogP contribution in [0.25, 0.3) is 0 Å². The van der Waals surface area contributed by atoms with Crippen molar-refractivity contribution in [3.8, 4) is 0 Å². The molecule has 0 aromatic heterocycles. The topological polar surface area (TPSA) is 57.5 Å². The summed E-state index contributed by atoms with van der Waals surface area (Å²) in [5, 5.41) is 17.7. The largest absolute Gasteiger partial charge is 0.488 e. The normalized spacial score (nSPS) is 9.77. The fourth-order valence-corrected chi connectivity index (χ4v) is 1.15. The van der Waals surface area contributed by atoms with Gasteiger partial charge >= 0.3 is 7.12 Å². The molecule has 0 bridgehead atoms. The predicted octanol–water partition coefficient (Wildman–Crippen LogP) is -0.502. The number of hydrogen-bond donors (Lipinski definition) is 2. The highest BCUT2D eigenvalue weighted by molar-refractivity contribution is 6.58. The van der Waals surface area contributed by atoms with Gasteiger partial charge in [-0.3, -0.25) is 4.79 Å². The van der Waals surface area contributed by atoms with Crippen molar-refractivity contribution in [2.75, 3.05) is 0 Å². The fraction of sp³-hybridized carbons (Fsp3) is 0.222. The molecule has 0 atom stereocenters. The number of Topliss-reactive ketones (excluding diaryl/α,β-unsaturated/α-hetero) is 1. The Labute approximate surface area is 77.2 Å². The third-order valence-electron chi connectivity index (χ3n) is 1.70. The van der Waals surface area contributed by atoms with Crippen LogP contribution >= 0.6 is 0 Å². The number of carbonyl (C=O) groups is 1. The van der Waals surface area contributed by atoms with Gasteiger partial charge in [-0.2, -0.15) is 0 Å². The number of ketones is 1. The molecule has 4 heteroatoms. The van der Waals surface area contributed by atoms with Crippen LogP contribution in [0, 0.1) is 0 Å². The maximum absolute atomic E-state index is 10.8. The summed E-state index contributed by atoms with van der Waals surface area (Å²) >= 11 is 0. The molecule has 0 saturated carbocycles. The first-order valence-electron chi connectivity index (χ1n) is 4.04. The summed E-state index contributed by atoms with van der Waals surface area (Å²) in [5.74, 6) is 0.0598. The van der Waals surface area contributed by atoms with Gasteiger partial charge in [-0.15, -0.1) is 0 Å². The van der Waals surface area contributed by atoms with Crippen molar-refractivity contribution in [2.45, 2.75) is 13.3 Å². The minimum absolute atomic E-state index is 0.0598. The molecule has 0 aliphatic heterocycles. The third kappa shape index (κ3) is 3.01. The molecule has 3 nitrogen and oxygen atoms in total. The summed E-state index contributed by atoms with van der Waals surface area (Å²) in [7, 11) is -1.47. The molecule has 2 N–H and O–H groups in total. The van der Waals surface area contributed by atoms with Gasteiger partial charge in [0.1, 0.15) is 5.78 Å². The van der Waals surface area contributed by atoms with Crippen molar-refractivity contribution >= 4 is 18.4 Å². The van der Waals surface area contributed by atoms with Crippen molar-refractivity contribution < 1.29 is 14.8 Å². The highest BCUT2D eigenvalue weighted by Crippen LogP contribution is 1.98. The SMILES string of the molecule is CC(=O)Cc1cccc(B(O)O)c1. The fourth-order valence-electron chi connectivity index (χ4n) is 1.15. The minimum atomic E-state index is -1.47. The molecule has 0 radical (unpaired) electrons. The molecule has 0 aliphatic rings. The number of rotatable bonds is 3. The lowest BCUT2D eigenvalue weighted by molar-refractivity contribution is -0.116. The first kappa shape index (κ1) is 9.96. The lowest BCUT2D eigenvalue weighted by atomic mass is 9.79. The Hall–Kier alpha value is -1.13. The molecule has 0 aliphatic carbocycles. The van der Waals surface area contributed by atoms with Crippen LogP contribution in [0.15, 0.2) is 24.3 Å². The highest BCUT2D eigenvalue weighted by Gasteiger charge is 2.10. The van der Waals surface area contributed by atoms with Crippen molar-refractivity contribution in [1.82, 2.24) is 0 Å². The van der Waals surface area contributed by atoms with E-state index in [2.05, 4.69) is 0 Å². The Balaban J connectivity index is 2.85. The van der Waals surface area contributed by atoms with Crippen LogP contribution in [0.1, 0.15) is 12.5 Å². The average molecular weight is 178 g/mol. The monoisotopic (exact) mass is 178 g/mol. The van der Waals surface area contributed by atoms with Gasteiger partial charge in [0.15, 0.2) is 0 Å². The van der Waals surface area contributed by atoms with Crippen LogP contribution in [0.3, 0.4) is 0 Å². The van der Waals surface area contributed by atoms with Crippen LogP contribution in [-0.2, 0) is 11.2 Å². The van der Waals surface area contributed by atoms with Crippen LogP contribution in [0.4, 0.5) is 0 Å². The van der Waals surface area contributed by atoms with Crippen molar-refractivity contribution in [3.05, 3.63) is 29.8 Å². The number of hydrogen-bond acceptors (Lipinski definition) is 3. The molecule has 13 heavy (non-hydrogen) atoms. The van der Waals surface area contributed by atoms with Gasteiger partial charge in [-0.05, 0) is 17.9 Å². The zero-order chi connectivity index (χ0) is 9.84. The Bertz CT molecular complexity index is 309. The molecule has 0 fully saturated rings. The second kappa shape index (κ2) is 4.21. The summed E-state index contributed by atoms with van der Waals surface area (Å²) in [4.78, 5) is 10.8. The van der Waals surface area contributed by atoms with E-state index >= 15 is 0 Å². The molecule has 68 valence electrons. The van der Waals surface area contributed by atoms with E-state index in [1.165, 1.54) is 6.92 Å². The van der Waals surface area contributed by atoms with E-state index in [9.17, 15) is 4.79 Å². The molecular weight excluding hydrogens is 167 g/mol. The van der Waals surface area contributed by atoms with Crippen molar-refractivity contribution in [3.63, 3.8) is 0 Å². The van der Waals surface area contributed by atoms with Gasteiger partial charge < -0.3 is 10.0 Å².